The molecule has 1 fully saturated rings. The molecule has 0 radical (unpaired) electrons. The largest absolute Gasteiger partial charge is 0.144 e. The van der Waals surface area contributed by atoms with Crippen LogP contribution in [0.25, 0.3) is 10.1 Å². The highest BCUT2D eigenvalue weighted by Crippen LogP contribution is 2.46. The van der Waals surface area contributed by atoms with E-state index in [9.17, 15) is 0 Å². The van der Waals surface area contributed by atoms with E-state index in [-0.39, 0.29) is 0 Å². The highest BCUT2D eigenvalue weighted by atomic mass is 35.5. The van der Waals surface area contributed by atoms with E-state index < -0.39 is 0 Å². The van der Waals surface area contributed by atoms with Crippen molar-refractivity contribution in [2.75, 3.05) is 5.88 Å². The van der Waals surface area contributed by atoms with E-state index in [0.717, 1.165) is 5.88 Å². The summed E-state index contributed by atoms with van der Waals surface area (Å²) >= 11 is 7.99. The summed E-state index contributed by atoms with van der Waals surface area (Å²) in [7, 11) is 0. The van der Waals surface area contributed by atoms with Crippen molar-refractivity contribution in [2.24, 2.45) is 5.41 Å². The lowest BCUT2D eigenvalue weighted by molar-refractivity contribution is 0.167. The molecule has 0 nitrogen and oxygen atoms in total. The highest BCUT2D eigenvalue weighted by Gasteiger charge is 2.36. The van der Waals surface area contributed by atoms with Gasteiger partial charge in [0, 0.05) is 10.6 Å². The summed E-state index contributed by atoms with van der Waals surface area (Å²) in [6.07, 6.45) is 5.14. The summed E-state index contributed by atoms with van der Waals surface area (Å²) in [5.74, 6) is 0.817. The van der Waals surface area contributed by atoms with Gasteiger partial charge in [-0.15, -0.1) is 22.9 Å². The van der Waals surface area contributed by atoms with Crippen LogP contribution in [0.15, 0.2) is 29.6 Å². The Morgan fingerprint density at radius 3 is 2.75 bits per heavy atom. The molecule has 0 N–H and O–H groups in total. The van der Waals surface area contributed by atoms with Gasteiger partial charge in [0.1, 0.15) is 0 Å². The molecule has 0 amide bonds. The van der Waals surface area contributed by atoms with Crippen LogP contribution in [0.3, 0.4) is 0 Å². The molecule has 84 valence electrons. The molecule has 0 saturated heterocycles. The van der Waals surface area contributed by atoms with Crippen molar-refractivity contribution in [2.45, 2.75) is 25.7 Å². The molecule has 0 aliphatic heterocycles. The number of benzene rings is 1. The highest BCUT2D eigenvalue weighted by molar-refractivity contribution is 7.17. The summed E-state index contributed by atoms with van der Waals surface area (Å²) in [5.41, 5.74) is 1.91. The number of alkyl halides is 1. The van der Waals surface area contributed by atoms with Crippen LogP contribution in [-0.2, 0) is 6.42 Å². The van der Waals surface area contributed by atoms with Gasteiger partial charge in [-0.2, -0.15) is 0 Å². The first kappa shape index (κ1) is 10.6. The second-order valence-corrected chi connectivity index (χ2v) is 6.10. The van der Waals surface area contributed by atoms with Crippen LogP contribution in [0.2, 0.25) is 0 Å². The Bertz CT molecular complexity index is 491. The van der Waals surface area contributed by atoms with Crippen LogP contribution in [0, 0.1) is 5.41 Å². The third kappa shape index (κ3) is 1.66. The zero-order valence-corrected chi connectivity index (χ0v) is 10.8. The molecule has 1 aromatic carbocycles. The Kier molecular flexibility index (Phi) is 2.68. The fourth-order valence-electron chi connectivity index (χ4n) is 2.61. The van der Waals surface area contributed by atoms with Gasteiger partial charge >= 0.3 is 0 Å². The van der Waals surface area contributed by atoms with Crippen molar-refractivity contribution < 1.29 is 0 Å². The molecule has 0 bridgehead atoms. The average Bonchev–Trinajstić information content (AvgIpc) is 2.67. The molecule has 0 spiro atoms. The summed E-state index contributed by atoms with van der Waals surface area (Å²) in [5, 5.41) is 3.75. The molecule has 0 atom stereocenters. The van der Waals surface area contributed by atoms with Crippen LogP contribution in [-0.4, -0.2) is 5.88 Å². The van der Waals surface area contributed by atoms with Crippen LogP contribution < -0.4 is 0 Å². The molecule has 1 aliphatic rings. The van der Waals surface area contributed by atoms with E-state index in [2.05, 4.69) is 29.6 Å². The second-order valence-electron chi connectivity index (χ2n) is 4.92. The lowest BCUT2D eigenvalue weighted by Crippen LogP contribution is -2.33. The predicted octanol–water partition coefficient (Wildman–Crippen LogP) is 4.85. The number of hydrogen-bond acceptors (Lipinski definition) is 1. The smallest absolute Gasteiger partial charge is 0.0345 e. The Morgan fingerprint density at radius 2 is 2.06 bits per heavy atom. The van der Waals surface area contributed by atoms with Gasteiger partial charge in [-0.25, -0.2) is 0 Å². The van der Waals surface area contributed by atoms with E-state index >= 15 is 0 Å². The third-order valence-electron chi connectivity index (χ3n) is 3.82. The van der Waals surface area contributed by atoms with E-state index in [4.69, 9.17) is 11.6 Å². The Balaban J connectivity index is 1.94. The Labute approximate surface area is 105 Å². The maximum absolute atomic E-state index is 6.13. The van der Waals surface area contributed by atoms with Crippen molar-refractivity contribution in [3.63, 3.8) is 0 Å². The topological polar surface area (TPSA) is 0 Å². The molecule has 3 rings (SSSR count). The van der Waals surface area contributed by atoms with Crippen molar-refractivity contribution >= 4 is 33.0 Å². The zero-order chi connectivity index (χ0) is 11.0. The lowest BCUT2D eigenvalue weighted by Gasteiger charge is -2.40. The van der Waals surface area contributed by atoms with Gasteiger partial charge in [-0.1, -0.05) is 24.6 Å². The first-order valence-corrected chi connectivity index (χ1v) is 7.26. The standard InChI is InChI=1S/C14H15ClS/c15-10-14(6-3-7-14)8-11-9-16-13-5-2-1-4-12(11)13/h1-2,4-5,9H,3,6-8,10H2. The van der Waals surface area contributed by atoms with Crippen LogP contribution in [0.5, 0.6) is 0 Å². The fourth-order valence-corrected chi connectivity index (χ4v) is 3.93. The molecule has 16 heavy (non-hydrogen) atoms. The summed E-state index contributed by atoms with van der Waals surface area (Å²) in [4.78, 5) is 0. The van der Waals surface area contributed by atoms with Crippen molar-refractivity contribution in [1.82, 2.24) is 0 Å². The van der Waals surface area contributed by atoms with Crippen molar-refractivity contribution in [3.05, 3.63) is 35.2 Å². The Hall–Kier alpha value is -0.530. The minimum absolute atomic E-state index is 0.408. The molecule has 0 unspecified atom stereocenters. The minimum Gasteiger partial charge on any atom is -0.144 e. The quantitative estimate of drug-likeness (QED) is 0.683. The summed E-state index contributed by atoms with van der Waals surface area (Å²) < 4.78 is 1.40. The molecule has 2 heteroatoms. The van der Waals surface area contributed by atoms with Crippen LogP contribution >= 0.6 is 22.9 Å². The molecule has 1 aliphatic carbocycles. The second kappa shape index (κ2) is 4.05. The van der Waals surface area contributed by atoms with Gasteiger partial charge in [0.2, 0.25) is 0 Å². The maximum Gasteiger partial charge on any atom is 0.0345 e. The van der Waals surface area contributed by atoms with Gasteiger partial charge in [-0.3, -0.25) is 0 Å². The number of rotatable bonds is 3. The van der Waals surface area contributed by atoms with E-state index in [1.807, 2.05) is 11.3 Å². The van der Waals surface area contributed by atoms with E-state index in [0.29, 0.717) is 5.41 Å². The maximum atomic E-state index is 6.13. The van der Waals surface area contributed by atoms with Crippen LogP contribution in [0.4, 0.5) is 0 Å². The summed E-state index contributed by atoms with van der Waals surface area (Å²) in [6, 6.07) is 8.69. The predicted molar refractivity (Wildman–Crippen MR) is 72.5 cm³/mol. The molecule has 1 saturated carbocycles. The normalized spacial score (nSPS) is 18.6. The Morgan fingerprint density at radius 1 is 1.25 bits per heavy atom. The molecule has 1 heterocycles. The van der Waals surface area contributed by atoms with Gasteiger partial charge in [0.05, 0.1) is 0 Å². The van der Waals surface area contributed by atoms with E-state index in [1.54, 1.807) is 0 Å². The molecular weight excluding hydrogens is 236 g/mol. The van der Waals surface area contributed by atoms with Gasteiger partial charge in [0.15, 0.2) is 0 Å². The van der Waals surface area contributed by atoms with Crippen LogP contribution in [0.1, 0.15) is 24.8 Å². The van der Waals surface area contributed by atoms with Crippen molar-refractivity contribution in [3.8, 4) is 0 Å². The fraction of sp³-hybridized carbons (Fsp3) is 0.429. The number of thiophene rings is 1. The average molecular weight is 251 g/mol. The van der Waals surface area contributed by atoms with E-state index in [1.165, 1.54) is 41.3 Å². The van der Waals surface area contributed by atoms with Gasteiger partial charge in [-0.05, 0) is 47.1 Å². The van der Waals surface area contributed by atoms with Crippen molar-refractivity contribution in [1.29, 1.82) is 0 Å². The minimum atomic E-state index is 0.408. The van der Waals surface area contributed by atoms with Gasteiger partial charge in [0.25, 0.3) is 0 Å². The number of hydrogen-bond donors (Lipinski definition) is 0. The zero-order valence-electron chi connectivity index (χ0n) is 9.21. The third-order valence-corrected chi connectivity index (χ3v) is 5.40. The summed E-state index contributed by atoms with van der Waals surface area (Å²) in [6.45, 7) is 0. The first-order chi connectivity index (χ1) is 7.83. The monoisotopic (exact) mass is 250 g/mol. The number of halogens is 1. The molecular formula is C14H15ClS. The molecule has 1 aromatic heterocycles. The SMILES string of the molecule is ClCC1(Cc2csc3ccccc23)CCC1. The first-order valence-electron chi connectivity index (χ1n) is 5.84. The lowest BCUT2D eigenvalue weighted by atomic mass is 9.67. The van der Waals surface area contributed by atoms with Gasteiger partial charge < -0.3 is 0 Å². The molecule has 2 aromatic rings. The number of fused-ring (bicyclic) bond motifs is 1.